The van der Waals surface area contributed by atoms with E-state index >= 15 is 0 Å². The van der Waals surface area contributed by atoms with Gasteiger partial charge < -0.3 is 4.90 Å². The van der Waals surface area contributed by atoms with E-state index in [4.69, 9.17) is 0 Å². The van der Waals surface area contributed by atoms with Crippen molar-refractivity contribution in [3.63, 3.8) is 0 Å². The molecule has 0 saturated carbocycles. The van der Waals surface area contributed by atoms with Crippen LogP contribution in [0.5, 0.6) is 0 Å². The summed E-state index contributed by atoms with van der Waals surface area (Å²) in [4.78, 5) is 6.94. The zero-order chi connectivity index (χ0) is 11.5. The van der Waals surface area contributed by atoms with Crippen LogP contribution in [0.1, 0.15) is 31.7 Å². The van der Waals surface area contributed by atoms with Gasteiger partial charge in [0.15, 0.2) is 0 Å². The van der Waals surface area contributed by atoms with Crippen LogP contribution in [0, 0.1) is 12.8 Å². The van der Waals surface area contributed by atoms with Gasteiger partial charge in [-0.05, 0) is 53.2 Å². The second kappa shape index (κ2) is 5.17. The Kier molecular flexibility index (Phi) is 3.85. The number of pyridine rings is 1. The number of anilines is 1. The van der Waals surface area contributed by atoms with E-state index in [1.54, 1.807) is 0 Å². The van der Waals surface area contributed by atoms with Crippen LogP contribution in [0.15, 0.2) is 16.7 Å². The summed E-state index contributed by atoms with van der Waals surface area (Å²) in [5.74, 6) is 1.98. The minimum Gasteiger partial charge on any atom is -0.355 e. The predicted molar refractivity (Wildman–Crippen MR) is 71.9 cm³/mol. The maximum Gasteiger partial charge on any atom is 0.142 e. The molecule has 0 radical (unpaired) electrons. The highest BCUT2D eigenvalue weighted by Crippen LogP contribution is 2.30. The summed E-state index contributed by atoms with van der Waals surface area (Å²) in [5.41, 5.74) is 1.21. The summed E-state index contributed by atoms with van der Waals surface area (Å²) in [6, 6.07) is 2.15. The van der Waals surface area contributed by atoms with Crippen molar-refractivity contribution in [2.45, 2.75) is 33.1 Å². The lowest BCUT2D eigenvalue weighted by molar-refractivity contribution is 0.529. The van der Waals surface area contributed by atoms with Gasteiger partial charge in [-0.1, -0.05) is 13.3 Å². The molecular weight excluding hydrogens is 264 g/mol. The number of hydrogen-bond donors (Lipinski definition) is 0. The highest BCUT2D eigenvalue weighted by molar-refractivity contribution is 9.10. The van der Waals surface area contributed by atoms with Crippen LogP contribution in [0.3, 0.4) is 0 Å². The van der Waals surface area contributed by atoms with Crippen molar-refractivity contribution in [1.82, 2.24) is 4.98 Å². The second-order valence-corrected chi connectivity index (χ2v) is 5.56. The number of hydrogen-bond acceptors (Lipinski definition) is 2. The van der Waals surface area contributed by atoms with Crippen molar-refractivity contribution in [3.8, 4) is 0 Å². The number of nitrogens with zero attached hydrogens (tertiary/aromatic N) is 2. The molecule has 1 aliphatic rings. The van der Waals surface area contributed by atoms with Crippen LogP contribution in [-0.4, -0.2) is 18.1 Å². The third-order valence-electron chi connectivity index (χ3n) is 3.24. The van der Waals surface area contributed by atoms with Crippen molar-refractivity contribution in [2.75, 3.05) is 18.0 Å². The highest BCUT2D eigenvalue weighted by atomic mass is 79.9. The Morgan fingerprint density at radius 2 is 2.38 bits per heavy atom. The molecule has 0 amide bonds. The van der Waals surface area contributed by atoms with E-state index in [1.807, 2.05) is 6.20 Å². The molecule has 2 heterocycles. The first kappa shape index (κ1) is 11.9. The summed E-state index contributed by atoms with van der Waals surface area (Å²) in [5, 5.41) is 0. The molecule has 0 bridgehead atoms. The smallest absolute Gasteiger partial charge is 0.142 e. The standard InChI is InChI=1S/C13H19BrN2/c1-3-4-11-5-6-16(9-11)13-12(14)7-10(2)8-15-13/h7-8,11H,3-6,9H2,1-2H3. The normalized spacial score (nSPS) is 20.4. The van der Waals surface area contributed by atoms with E-state index in [0.717, 1.165) is 22.8 Å². The van der Waals surface area contributed by atoms with E-state index in [0.29, 0.717) is 0 Å². The van der Waals surface area contributed by atoms with Crippen LogP contribution < -0.4 is 4.90 Å². The molecule has 1 aromatic heterocycles. The number of rotatable bonds is 3. The van der Waals surface area contributed by atoms with Gasteiger partial charge in [0.2, 0.25) is 0 Å². The van der Waals surface area contributed by atoms with Gasteiger partial charge in [-0.25, -0.2) is 4.98 Å². The Hall–Kier alpha value is -0.570. The Morgan fingerprint density at radius 3 is 3.06 bits per heavy atom. The first-order chi connectivity index (χ1) is 7.70. The molecule has 2 rings (SSSR count). The summed E-state index contributed by atoms with van der Waals surface area (Å²) < 4.78 is 1.13. The Morgan fingerprint density at radius 1 is 1.56 bits per heavy atom. The van der Waals surface area contributed by atoms with E-state index in [2.05, 4.69) is 45.7 Å². The molecular formula is C13H19BrN2. The third kappa shape index (κ3) is 2.57. The van der Waals surface area contributed by atoms with E-state index in [9.17, 15) is 0 Å². The molecule has 0 spiro atoms. The molecule has 0 N–H and O–H groups in total. The van der Waals surface area contributed by atoms with Crippen LogP contribution in [-0.2, 0) is 0 Å². The minimum atomic E-state index is 0.861. The average Bonchev–Trinajstić information content (AvgIpc) is 2.67. The van der Waals surface area contributed by atoms with E-state index < -0.39 is 0 Å². The van der Waals surface area contributed by atoms with Crippen LogP contribution >= 0.6 is 15.9 Å². The molecule has 0 aromatic carbocycles. The summed E-state index contributed by atoms with van der Waals surface area (Å²) in [6.45, 7) is 6.66. The van der Waals surface area contributed by atoms with Crippen LogP contribution in [0.25, 0.3) is 0 Å². The second-order valence-electron chi connectivity index (χ2n) is 4.71. The topological polar surface area (TPSA) is 16.1 Å². The molecule has 1 atom stereocenters. The van der Waals surface area contributed by atoms with Gasteiger partial charge in [-0.2, -0.15) is 0 Å². The van der Waals surface area contributed by atoms with Crippen molar-refractivity contribution in [3.05, 3.63) is 22.3 Å². The third-order valence-corrected chi connectivity index (χ3v) is 3.82. The molecule has 16 heavy (non-hydrogen) atoms. The first-order valence-corrected chi connectivity index (χ1v) is 6.87. The number of aromatic nitrogens is 1. The molecule has 1 fully saturated rings. The van der Waals surface area contributed by atoms with Gasteiger partial charge in [0.05, 0.1) is 4.47 Å². The SMILES string of the molecule is CCCC1CCN(c2ncc(C)cc2Br)C1. The monoisotopic (exact) mass is 282 g/mol. The quantitative estimate of drug-likeness (QED) is 0.839. The van der Waals surface area contributed by atoms with E-state index in [1.165, 1.54) is 31.4 Å². The summed E-state index contributed by atoms with van der Waals surface area (Å²) in [6.07, 6.45) is 5.91. The Balaban J connectivity index is 2.08. The fraction of sp³-hybridized carbons (Fsp3) is 0.615. The maximum absolute atomic E-state index is 4.53. The fourth-order valence-electron chi connectivity index (χ4n) is 2.43. The number of aryl methyl sites for hydroxylation is 1. The largest absolute Gasteiger partial charge is 0.355 e. The fourth-order valence-corrected chi connectivity index (χ4v) is 3.14. The Labute approximate surface area is 106 Å². The maximum atomic E-state index is 4.53. The van der Waals surface area contributed by atoms with Gasteiger partial charge >= 0.3 is 0 Å². The van der Waals surface area contributed by atoms with Crippen LogP contribution in [0.4, 0.5) is 5.82 Å². The molecule has 1 aliphatic heterocycles. The van der Waals surface area contributed by atoms with E-state index in [-0.39, 0.29) is 0 Å². The summed E-state index contributed by atoms with van der Waals surface area (Å²) >= 11 is 3.61. The van der Waals surface area contributed by atoms with Crippen molar-refractivity contribution >= 4 is 21.7 Å². The lowest BCUT2D eigenvalue weighted by Gasteiger charge is -2.19. The van der Waals surface area contributed by atoms with Crippen molar-refractivity contribution in [1.29, 1.82) is 0 Å². The van der Waals surface area contributed by atoms with Crippen LogP contribution in [0.2, 0.25) is 0 Å². The van der Waals surface area contributed by atoms with Crippen molar-refractivity contribution < 1.29 is 0 Å². The molecule has 1 aromatic rings. The van der Waals surface area contributed by atoms with Gasteiger partial charge in [0.1, 0.15) is 5.82 Å². The number of halogens is 1. The highest BCUT2D eigenvalue weighted by Gasteiger charge is 2.23. The molecule has 3 heteroatoms. The average molecular weight is 283 g/mol. The molecule has 1 unspecified atom stereocenters. The lowest BCUT2D eigenvalue weighted by Crippen LogP contribution is -2.21. The summed E-state index contributed by atoms with van der Waals surface area (Å²) in [7, 11) is 0. The van der Waals surface area contributed by atoms with Gasteiger partial charge in [0, 0.05) is 19.3 Å². The lowest BCUT2D eigenvalue weighted by atomic mass is 10.0. The van der Waals surface area contributed by atoms with Gasteiger partial charge in [-0.15, -0.1) is 0 Å². The Bertz CT molecular complexity index is 365. The van der Waals surface area contributed by atoms with Crippen molar-refractivity contribution in [2.24, 2.45) is 5.92 Å². The molecule has 1 saturated heterocycles. The molecule has 88 valence electrons. The first-order valence-electron chi connectivity index (χ1n) is 6.07. The zero-order valence-electron chi connectivity index (χ0n) is 10.0. The minimum absolute atomic E-state index is 0.861. The van der Waals surface area contributed by atoms with Gasteiger partial charge in [-0.3, -0.25) is 0 Å². The predicted octanol–water partition coefficient (Wildman–Crippen LogP) is 3.78. The molecule has 2 nitrogen and oxygen atoms in total. The van der Waals surface area contributed by atoms with Gasteiger partial charge in [0.25, 0.3) is 0 Å². The molecule has 0 aliphatic carbocycles. The zero-order valence-corrected chi connectivity index (χ0v) is 11.6.